The molecule has 0 aliphatic heterocycles. The van der Waals surface area contributed by atoms with Gasteiger partial charge in [-0.25, -0.2) is 0 Å². The maximum atomic E-state index is 12.1. The molecule has 2 amide bonds. The number of amides is 2. The molecule has 2 aromatic carbocycles. The number of benzene rings is 2. The molecule has 110 valence electrons. The molecule has 0 aliphatic rings. The second-order valence-electron chi connectivity index (χ2n) is 4.52. The van der Waals surface area contributed by atoms with Crippen molar-refractivity contribution < 1.29 is 14.7 Å². The number of phenols is 1. The van der Waals surface area contributed by atoms with E-state index in [0.29, 0.717) is 16.9 Å². The minimum Gasteiger partial charge on any atom is -0.508 e. The molecule has 2 N–H and O–H groups in total. The first kappa shape index (κ1) is 15.1. The molecule has 0 bridgehead atoms. The van der Waals surface area contributed by atoms with Crippen molar-refractivity contribution in [1.29, 1.82) is 5.26 Å². The molecule has 0 fully saturated rings. The number of nitrogens with zero attached hydrogens (tertiary/aromatic N) is 2. The molecule has 22 heavy (non-hydrogen) atoms. The maximum Gasteiger partial charge on any atom is 0.316 e. The van der Waals surface area contributed by atoms with E-state index in [4.69, 9.17) is 5.26 Å². The lowest BCUT2D eigenvalue weighted by Gasteiger charge is -2.16. The van der Waals surface area contributed by atoms with Gasteiger partial charge in [-0.3, -0.25) is 9.59 Å². The zero-order valence-electron chi connectivity index (χ0n) is 11.8. The van der Waals surface area contributed by atoms with E-state index in [9.17, 15) is 14.7 Å². The number of carbonyl (C=O) groups is 2. The van der Waals surface area contributed by atoms with Gasteiger partial charge in [0.25, 0.3) is 0 Å². The summed E-state index contributed by atoms with van der Waals surface area (Å²) in [7, 11) is 1.47. The van der Waals surface area contributed by atoms with E-state index in [0.717, 1.165) is 0 Å². The minimum atomic E-state index is -0.791. The van der Waals surface area contributed by atoms with E-state index in [1.165, 1.54) is 36.2 Å². The number of hydrogen-bond acceptors (Lipinski definition) is 4. The molecule has 2 aromatic rings. The van der Waals surface area contributed by atoms with Gasteiger partial charge in [0.1, 0.15) is 5.75 Å². The van der Waals surface area contributed by atoms with Gasteiger partial charge in [-0.05, 0) is 48.5 Å². The SMILES string of the molecule is CN(C(=O)C(=O)Nc1ccc(C#N)cc1)c1ccc(O)cc1. The molecular weight excluding hydrogens is 282 g/mol. The molecule has 6 heteroatoms. The second kappa shape index (κ2) is 6.41. The van der Waals surface area contributed by atoms with E-state index < -0.39 is 11.8 Å². The molecule has 0 atom stereocenters. The van der Waals surface area contributed by atoms with E-state index in [2.05, 4.69) is 5.32 Å². The highest BCUT2D eigenvalue weighted by molar-refractivity contribution is 6.44. The lowest BCUT2D eigenvalue weighted by molar-refractivity contribution is -0.134. The summed E-state index contributed by atoms with van der Waals surface area (Å²) in [5, 5.41) is 20.4. The van der Waals surface area contributed by atoms with Crippen LogP contribution >= 0.6 is 0 Å². The first-order valence-corrected chi connectivity index (χ1v) is 6.39. The average molecular weight is 295 g/mol. The van der Waals surface area contributed by atoms with Gasteiger partial charge in [0, 0.05) is 18.4 Å². The number of hydrogen-bond donors (Lipinski definition) is 2. The predicted molar refractivity (Wildman–Crippen MR) is 81.3 cm³/mol. The van der Waals surface area contributed by atoms with Gasteiger partial charge >= 0.3 is 11.8 Å². The summed E-state index contributed by atoms with van der Waals surface area (Å²) in [6, 6.07) is 14.1. The number of nitriles is 1. The van der Waals surface area contributed by atoms with E-state index in [1.807, 2.05) is 6.07 Å². The van der Waals surface area contributed by atoms with Gasteiger partial charge < -0.3 is 15.3 Å². The summed E-state index contributed by atoms with van der Waals surface area (Å²) in [5.41, 5.74) is 1.37. The van der Waals surface area contributed by atoms with Crippen molar-refractivity contribution in [3.8, 4) is 11.8 Å². The fourth-order valence-corrected chi connectivity index (χ4v) is 1.76. The zero-order chi connectivity index (χ0) is 16.1. The lowest BCUT2D eigenvalue weighted by atomic mass is 10.2. The van der Waals surface area contributed by atoms with Crippen molar-refractivity contribution in [1.82, 2.24) is 0 Å². The molecule has 0 saturated carbocycles. The molecule has 0 unspecified atom stereocenters. The number of likely N-dealkylation sites (N-methyl/N-ethyl adjacent to an activating group) is 1. The number of carbonyl (C=O) groups excluding carboxylic acids is 2. The number of rotatable bonds is 2. The van der Waals surface area contributed by atoms with Crippen molar-refractivity contribution in [2.45, 2.75) is 0 Å². The van der Waals surface area contributed by atoms with Crippen LogP contribution in [-0.2, 0) is 9.59 Å². The third kappa shape index (κ3) is 3.41. The lowest BCUT2D eigenvalue weighted by Crippen LogP contribution is -2.37. The molecule has 0 aliphatic carbocycles. The van der Waals surface area contributed by atoms with Crippen LogP contribution < -0.4 is 10.2 Å². The highest BCUT2D eigenvalue weighted by Gasteiger charge is 2.20. The Bertz CT molecular complexity index is 731. The summed E-state index contributed by atoms with van der Waals surface area (Å²) < 4.78 is 0. The van der Waals surface area contributed by atoms with Crippen molar-refractivity contribution in [3.05, 3.63) is 54.1 Å². The Morgan fingerprint density at radius 2 is 1.68 bits per heavy atom. The molecule has 0 heterocycles. The standard InChI is InChI=1S/C16H13N3O3/c1-19(13-6-8-14(20)9-7-13)16(22)15(21)18-12-4-2-11(10-17)3-5-12/h2-9,20H,1H3,(H,18,21). The Hall–Kier alpha value is -3.33. The molecular formula is C16H13N3O3. The van der Waals surface area contributed by atoms with Crippen LogP contribution in [-0.4, -0.2) is 24.0 Å². The Labute approximate surface area is 127 Å². The third-order valence-electron chi connectivity index (χ3n) is 3.01. The molecule has 0 spiro atoms. The summed E-state index contributed by atoms with van der Waals surface area (Å²) in [6.07, 6.45) is 0. The fraction of sp³-hybridized carbons (Fsp3) is 0.0625. The third-order valence-corrected chi connectivity index (χ3v) is 3.01. The fourth-order valence-electron chi connectivity index (χ4n) is 1.76. The van der Waals surface area contributed by atoms with Crippen molar-refractivity contribution in [2.24, 2.45) is 0 Å². The number of phenolic OH excluding ortho intramolecular Hbond substituents is 1. The topological polar surface area (TPSA) is 93.4 Å². The van der Waals surface area contributed by atoms with Crippen LogP contribution in [0.2, 0.25) is 0 Å². The van der Waals surface area contributed by atoms with Crippen LogP contribution in [0.25, 0.3) is 0 Å². The summed E-state index contributed by atoms with van der Waals surface area (Å²) in [5.74, 6) is -1.46. The normalized spacial score (nSPS) is 9.64. The second-order valence-corrected chi connectivity index (χ2v) is 4.52. The Kier molecular flexibility index (Phi) is 4.39. The van der Waals surface area contributed by atoms with Gasteiger partial charge in [-0.15, -0.1) is 0 Å². The predicted octanol–water partition coefficient (Wildman–Crippen LogP) is 1.87. The molecule has 2 rings (SSSR count). The van der Waals surface area contributed by atoms with Gasteiger partial charge in [-0.2, -0.15) is 5.26 Å². The van der Waals surface area contributed by atoms with Gasteiger partial charge in [0.2, 0.25) is 0 Å². The molecule has 6 nitrogen and oxygen atoms in total. The van der Waals surface area contributed by atoms with Crippen LogP contribution in [0, 0.1) is 11.3 Å². The van der Waals surface area contributed by atoms with E-state index in [1.54, 1.807) is 24.3 Å². The highest BCUT2D eigenvalue weighted by atomic mass is 16.3. The number of nitrogens with one attached hydrogen (secondary N) is 1. The van der Waals surface area contributed by atoms with Crippen molar-refractivity contribution >= 4 is 23.2 Å². The largest absolute Gasteiger partial charge is 0.508 e. The first-order chi connectivity index (χ1) is 10.5. The minimum absolute atomic E-state index is 0.0756. The molecule has 0 radical (unpaired) electrons. The Balaban J connectivity index is 2.06. The molecule has 0 aromatic heterocycles. The van der Waals surface area contributed by atoms with Crippen LogP contribution in [0.15, 0.2) is 48.5 Å². The van der Waals surface area contributed by atoms with Gasteiger partial charge in [0.15, 0.2) is 0 Å². The van der Waals surface area contributed by atoms with Crippen LogP contribution in [0.1, 0.15) is 5.56 Å². The maximum absolute atomic E-state index is 12.1. The van der Waals surface area contributed by atoms with Gasteiger partial charge in [0.05, 0.1) is 11.6 Å². The van der Waals surface area contributed by atoms with Crippen LogP contribution in [0.5, 0.6) is 5.75 Å². The summed E-state index contributed by atoms with van der Waals surface area (Å²) >= 11 is 0. The summed E-state index contributed by atoms with van der Waals surface area (Å²) in [4.78, 5) is 25.2. The summed E-state index contributed by atoms with van der Waals surface area (Å²) in [6.45, 7) is 0. The Morgan fingerprint density at radius 1 is 1.09 bits per heavy atom. The van der Waals surface area contributed by atoms with E-state index >= 15 is 0 Å². The van der Waals surface area contributed by atoms with E-state index in [-0.39, 0.29) is 5.75 Å². The van der Waals surface area contributed by atoms with Crippen LogP contribution in [0.4, 0.5) is 11.4 Å². The van der Waals surface area contributed by atoms with Gasteiger partial charge in [-0.1, -0.05) is 0 Å². The number of anilines is 2. The highest BCUT2D eigenvalue weighted by Crippen LogP contribution is 2.17. The monoisotopic (exact) mass is 295 g/mol. The van der Waals surface area contributed by atoms with Crippen molar-refractivity contribution in [3.63, 3.8) is 0 Å². The smallest absolute Gasteiger partial charge is 0.316 e. The van der Waals surface area contributed by atoms with Crippen LogP contribution in [0.3, 0.4) is 0 Å². The van der Waals surface area contributed by atoms with Crippen molar-refractivity contribution in [2.75, 3.05) is 17.3 Å². The number of aromatic hydroxyl groups is 1. The Morgan fingerprint density at radius 3 is 2.23 bits per heavy atom. The first-order valence-electron chi connectivity index (χ1n) is 6.39. The molecule has 0 saturated heterocycles. The quantitative estimate of drug-likeness (QED) is 0.827. The average Bonchev–Trinajstić information content (AvgIpc) is 2.55. The zero-order valence-corrected chi connectivity index (χ0v) is 11.8.